The number of hydrogen-bond donors (Lipinski definition) is 0. The van der Waals surface area contributed by atoms with Gasteiger partial charge in [0.05, 0.1) is 48.2 Å². The van der Waals surface area contributed by atoms with Crippen LogP contribution in [0, 0.1) is 0 Å². The number of hydrogen-bond acceptors (Lipinski definition) is 5. The first-order chi connectivity index (χ1) is 18.3. The number of rotatable bonds is 0. The lowest BCUT2D eigenvalue weighted by Gasteiger charge is -2.44. The van der Waals surface area contributed by atoms with Gasteiger partial charge in [0.2, 0.25) is 0 Å². The van der Waals surface area contributed by atoms with Crippen molar-refractivity contribution in [3.63, 3.8) is 0 Å². The molecule has 1 fully saturated rings. The second kappa shape index (κ2) is 8.20. The van der Waals surface area contributed by atoms with Crippen LogP contribution >= 0.6 is 0 Å². The van der Waals surface area contributed by atoms with Crippen LogP contribution in [0.5, 0.6) is 11.5 Å². The fourth-order valence-corrected chi connectivity index (χ4v) is 6.87. The molecule has 4 aromatic rings. The Hall–Kier alpha value is -4.12. The Morgan fingerprint density at radius 1 is 0.514 bits per heavy atom. The van der Waals surface area contributed by atoms with Crippen molar-refractivity contribution in [1.29, 1.82) is 0 Å². The van der Waals surface area contributed by atoms with Crippen LogP contribution in [0.2, 0.25) is 0 Å². The lowest BCUT2D eigenvalue weighted by Crippen LogP contribution is -2.54. The second-order valence-electron chi connectivity index (χ2n) is 10.6. The van der Waals surface area contributed by atoms with Crippen molar-refractivity contribution in [3.8, 4) is 11.5 Å². The van der Waals surface area contributed by atoms with Crippen molar-refractivity contribution in [1.82, 2.24) is 0 Å². The summed E-state index contributed by atoms with van der Waals surface area (Å²) in [5.74, 6) is 1.72. The normalized spacial score (nSPS) is 21.4. The van der Waals surface area contributed by atoms with E-state index in [0.717, 1.165) is 24.8 Å². The highest BCUT2D eigenvalue weighted by atomic mass is 16.5. The molecule has 0 saturated heterocycles. The van der Waals surface area contributed by atoms with Gasteiger partial charge in [-0.25, -0.2) is 0 Å². The van der Waals surface area contributed by atoms with E-state index in [9.17, 15) is 0 Å². The van der Waals surface area contributed by atoms with E-state index in [1.165, 1.54) is 59.8 Å². The molecule has 1 saturated carbocycles. The summed E-state index contributed by atoms with van der Waals surface area (Å²) in [5, 5.41) is 0. The van der Waals surface area contributed by atoms with E-state index in [1.54, 1.807) is 0 Å². The van der Waals surface area contributed by atoms with E-state index < -0.39 is 0 Å². The molecule has 184 valence electrons. The standard InChI is InChI=1S/C32H30N4O/c1-3-15-29-27(13-1)33-21-35(29)31-17-5-6-18-32(31)36-22-34(28-14-2-4-16-30(28)36)24-10-8-12-26(20-24)37-25-11-7-9-23(33)19-25/h1-4,7-16,19-20,31-32H,5-6,17-18,21-22H2. The minimum atomic E-state index is 0.448. The van der Waals surface area contributed by atoms with Crippen molar-refractivity contribution >= 4 is 34.1 Å². The first kappa shape index (κ1) is 21.0. The topological polar surface area (TPSA) is 22.2 Å². The van der Waals surface area contributed by atoms with Crippen molar-refractivity contribution in [2.45, 2.75) is 37.8 Å². The van der Waals surface area contributed by atoms with Gasteiger partial charge < -0.3 is 24.3 Å². The average molecular weight is 487 g/mol. The molecule has 3 aliphatic heterocycles. The molecule has 2 unspecified atom stereocenters. The third kappa shape index (κ3) is 3.30. The highest BCUT2D eigenvalue weighted by Gasteiger charge is 2.42. The molecule has 8 rings (SSSR count). The minimum absolute atomic E-state index is 0.448. The van der Waals surface area contributed by atoms with Crippen molar-refractivity contribution < 1.29 is 4.74 Å². The van der Waals surface area contributed by atoms with Gasteiger partial charge in [-0.3, -0.25) is 0 Å². The van der Waals surface area contributed by atoms with Gasteiger partial charge in [0.25, 0.3) is 0 Å². The Balaban J connectivity index is 1.33. The molecule has 1 aliphatic carbocycles. The summed E-state index contributed by atoms with van der Waals surface area (Å²) in [6.45, 7) is 1.72. The molecule has 0 spiro atoms. The number of nitrogens with zero attached hydrogens (tertiary/aromatic N) is 4. The molecule has 0 N–H and O–H groups in total. The molecule has 5 nitrogen and oxygen atoms in total. The van der Waals surface area contributed by atoms with Crippen LogP contribution < -0.4 is 24.3 Å². The van der Waals surface area contributed by atoms with Gasteiger partial charge in [-0.1, -0.05) is 49.2 Å². The van der Waals surface area contributed by atoms with Crippen molar-refractivity contribution in [2.75, 3.05) is 32.9 Å². The van der Waals surface area contributed by atoms with Gasteiger partial charge >= 0.3 is 0 Å². The molecule has 4 aliphatic rings. The summed E-state index contributed by atoms with van der Waals surface area (Å²) in [6.07, 6.45) is 4.99. The summed E-state index contributed by atoms with van der Waals surface area (Å²) in [6, 6.07) is 35.8. The first-order valence-electron chi connectivity index (χ1n) is 13.5. The number of benzene rings is 4. The fraction of sp³-hybridized carbons (Fsp3) is 0.250. The Labute approximate surface area is 218 Å². The van der Waals surface area contributed by atoms with Crippen LogP contribution in [0.4, 0.5) is 34.1 Å². The van der Waals surface area contributed by atoms with Crippen LogP contribution in [0.25, 0.3) is 0 Å². The van der Waals surface area contributed by atoms with Gasteiger partial charge in [0.1, 0.15) is 11.5 Å². The summed E-state index contributed by atoms with van der Waals surface area (Å²) in [4.78, 5) is 10.3. The maximum atomic E-state index is 6.44. The number of ether oxygens (including phenoxy) is 1. The number of para-hydroxylation sites is 4. The van der Waals surface area contributed by atoms with E-state index in [2.05, 4.69) is 117 Å². The molecule has 0 amide bonds. The molecule has 0 aromatic heterocycles. The molecule has 8 bridgehead atoms. The third-order valence-corrected chi connectivity index (χ3v) is 8.54. The smallest absolute Gasteiger partial charge is 0.129 e. The van der Waals surface area contributed by atoms with Crippen molar-refractivity contribution in [3.05, 3.63) is 97.1 Å². The molecular weight excluding hydrogens is 456 g/mol. The van der Waals surface area contributed by atoms with Gasteiger partial charge in [-0.2, -0.15) is 0 Å². The quantitative estimate of drug-likeness (QED) is 0.254. The van der Waals surface area contributed by atoms with Crippen LogP contribution in [-0.4, -0.2) is 25.4 Å². The SMILES string of the molecule is c1cc2cc(c1)N1CN(c3ccccc31)C1CCCCC1N1CN(c3cccc(c3)O2)c2ccccc21. The van der Waals surface area contributed by atoms with Gasteiger partial charge in [0, 0.05) is 23.5 Å². The Kier molecular flexibility index (Phi) is 4.66. The van der Waals surface area contributed by atoms with E-state index in [0.29, 0.717) is 12.1 Å². The van der Waals surface area contributed by atoms with E-state index in [-0.39, 0.29) is 0 Å². The number of fused-ring (bicyclic) bond motifs is 19. The third-order valence-electron chi connectivity index (χ3n) is 8.54. The largest absolute Gasteiger partial charge is 0.457 e. The van der Waals surface area contributed by atoms with Crippen LogP contribution in [0.15, 0.2) is 97.1 Å². The Bertz CT molecular complexity index is 1370. The predicted octanol–water partition coefficient (Wildman–Crippen LogP) is 7.63. The zero-order valence-corrected chi connectivity index (χ0v) is 20.8. The lowest BCUT2D eigenvalue weighted by molar-refractivity contribution is 0.352. The first-order valence-corrected chi connectivity index (χ1v) is 13.5. The fourth-order valence-electron chi connectivity index (χ4n) is 6.87. The maximum absolute atomic E-state index is 6.44. The zero-order chi connectivity index (χ0) is 24.3. The van der Waals surface area contributed by atoms with Crippen molar-refractivity contribution in [2.24, 2.45) is 0 Å². The average Bonchev–Trinajstić information content (AvgIpc) is 3.53. The van der Waals surface area contributed by atoms with Gasteiger partial charge in [-0.05, 0) is 61.4 Å². The molecular formula is C32H30N4O. The highest BCUT2D eigenvalue weighted by Crippen LogP contribution is 2.48. The van der Waals surface area contributed by atoms with E-state index in [1.807, 2.05) is 0 Å². The zero-order valence-electron chi connectivity index (χ0n) is 20.8. The van der Waals surface area contributed by atoms with E-state index >= 15 is 0 Å². The van der Waals surface area contributed by atoms with E-state index in [4.69, 9.17) is 4.74 Å². The second-order valence-corrected chi connectivity index (χ2v) is 10.6. The lowest BCUT2D eigenvalue weighted by atomic mass is 9.87. The molecule has 4 aromatic carbocycles. The van der Waals surface area contributed by atoms with Gasteiger partial charge in [0.15, 0.2) is 0 Å². The Morgan fingerprint density at radius 2 is 0.973 bits per heavy atom. The van der Waals surface area contributed by atoms with Crippen LogP contribution in [0.3, 0.4) is 0 Å². The molecule has 0 radical (unpaired) electrons. The number of anilines is 6. The molecule has 37 heavy (non-hydrogen) atoms. The highest BCUT2D eigenvalue weighted by molar-refractivity contribution is 5.85. The van der Waals surface area contributed by atoms with Crippen LogP contribution in [0.1, 0.15) is 25.7 Å². The monoisotopic (exact) mass is 486 g/mol. The summed E-state index contributed by atoms with van der Waals surface area (Å²) in [5.41, 5.74) is 7.58. The predicted molar refractivity (Wildman–Crippen MR) is 151 cm³/mol. The summed E-state index contributed by atoms with van der Waals surface area (Å²) < 4.78 is 6.44. The minimum Gasteiger partial charge on any atom is -0.457 e. The molecule has 2 atom stereocenters. The maximum Gasteiger partial charge on any atom is 0.129 e. The summed E-state index contributed by atoms with van der Waals surface area (Å²) >= 11 is 0. The molecule has 5 heteroatoms. The van der Waals surface area contributed by atoms with Crippen LogP contribution in [-0.2, 0) is 0 Å². The van der Waals surface area contributed by atoms with Gasteiger partial charge in [-0.15, -0.1) is 0 Å². The summed E-state index contributed by atoms with van der Waals surface area (Å²) in [7, 11) is 0. The molecule has 3 heterocycles. The Morgan fingerprint density at radius 3 is 1.46 bits per heavy atom.